The molecule has 1 aliphatic rings. The number of ether oxygens (including phenoxy) is 1. The van der Waals surface area contributed by atoms with E-state index in [2.05, 4.69) is 37.9 Å². The highest BCUT2D eigenvalue weighted by atomic mass is 79.9. The van der Waals surface area contributed by atoms with Gasteiger partial charge in [0, 0.05) is 8.95 Å². The Morgan fingerprint density at radius 1 is 1.19 bits per heavy atom. The fraction of sp³-hybridized carbons (Fsp3) is 0.294. The first kappa shape index (κ1) is 15.1. The highest BCUT2D eigenvalue weighted by Gasteiger charge is 2.25. The Morgan fingerprint density at radius 3 is 2.81 bits per heavy atom. The standard InChI is InChI=1S/C17H16Br2O2/c18-12-5-6-14(15(19)10-12)16(20)9-11-7-8-21-17-4-2-1-3-13(11)17/h1-6,10-11,16,20H,7-9H2. The SMILES string of the molecule is OC(CC1CCOc2ccccc21)c1ccc(Br)cc1Br. The van der Waals surface area contributed by atoms with Gasteiger partial charge in [0.2, 0.25) is 0 Å². The predicted octanol–water partition coefficient (Wildman–Crippen LogP) is 5.20. The number of hydrogen-bond donors (Lipinski definition) is 1. The van der Waals surface area contributed by atoms with E-state index in [-0.39, 0.29) is 0 Å². The molecule has 3 rings (SSSR count). The van der Waals surface area contributed by atoms with Gasteiger partial charge >= 0.3 is 0 Å². The zero-order valence-electron chi connectivity index (χ0n) is 11.4. The number of aliphatic hydroxyl groups excluding tert-OH is 1. The molecule has 1 heterocycles. The zero-order chi connectivity index (χ0) is 14.8. The summed E-state index contributed by atoms with van der Waals surface area (Å²) in [5.74, 6) is 1.29. The minimum absolute atomic E-state index is 0.334. The number of rotatable bonds is 3. The Morgan fingerprint density at radius 2 is 2.00 bits per heavy atom. The van der Waals surface area contributed by atoms with E-state index < -0.39 is 6.10 Å². The molecule has 2 aromatic rings. The van der Waals surface area contributed by atoms with Gasteiger partial charge in [0.05, 0.1) is 12.7 Å². The van der Waals surface area contributed by atoms with Gasteiger partial charge in [-0.15, -0.1) is 0 Å². The summed E-state index contributed by atoms with van der Waals surface area (Å²) < 4.78 is 7.62. The summed E-state index contributed by atoms with van der Waals surface area (Å²) in [7, 11) is 0. The molecule has 2 nitrogen and oxygen atoms in total. The first-order valence-electron chi connectivity index (χ1n) is 7.00. The highest BCUT2D eigenvalue weighted by molar-refractivity contribution is 9.11. The van der Waals surface area contributed by atoms with Crippen molar-refractivity contribution in [2.75, 3.05) is 6.61 Å². The van der Waals surface area contributed by atoms with E-state index in [1.807, 2.05) is 36.4 Å². The molecule has 2 atom stereocenters. The number of fused-ring (bicyclic) bond motifs is 1. The van der Waals surface area contributed by atoms with E-state index in [9.17, 15) is 5.11 Å². The van der Waals surface area contributed by atoms with Crippen LogP contribution in [0, 0.1) is 0 Å². The number of halogens is 2. The van der Waals surface area contributed by atoms with Crippen molar-refractivity contribution in [1.29, 1.82) is 0 Å². The van der Waals surface area contributed by atoms with Crippen molar-refractivity contribution < 1.29 is 9.84 Å². The second kappa shape index (κ2) is 6.51. The predicted molar refractivity (Wildman–Crippen MR) is 90.7 cm³/mol. The molecule has 0 aromatic heterocycles. The summed E-state index contributed by atoms with van der Waals surface area (Å²) >= 11 is 6.97. The monoisotopic (exact) mass is 410 g/mol. The molecule has 0 saturated carbocycles. The first-order chi connectivity index (χ1) is 10.1. The Hall–Kier alpha value is -0.840. The van der Waals surface area contributed by atoms with Crippen LogP contribution in [-0.2, 0) is 0 Å². The number of hydrogen-bond acceptors (Lipinski definition) is 2. The molecule has 2 aromatic carbocycles. The maximum atomic E-state index is 10.6. The molecule has 0 radical (unpaired) electrons. The Balaban J connectivity index is 1.81. The lowest BCUT2D eigenvalue weighted by molar-refractivity contribution is 0.144. The van der Waals surface area contributed by atoms with Crippen molar-refractivity contribution in [2.45, 2.75) is 24.9 Å². The third-order valence-electron chi connectivity index (χ3n) is 3.91. The number of benzene rings is 2. The van der Waals surface area contributed by atoms with Gasteiger partial charge in [-0.25, -0.2) is 0 Å². The maximum absolute atomic E-state index is 10.6. The van der Waals surface area contributed by atoms with Crippen LogP contribution in [0.15, 0.2) is 51.4 Å². The molecule has 4 heteroatoms. The van der Waals surface area contributed by atoms with Gasteiger partial charge in [-0.1, -0.05) is 56.1 Å². The van der Waals surface area contributed by atoms with E-state index in [1.165, 1.54) is 5.56 Å². The van der Waals surface area contributed by atoms with Crippen LogP contribution in [0.5, 0.6) is 5.75 Å². The molecule has 0 spiro atoms. The van der Waals surface area contributed by atoms with Crippen LogP contribution in [0.2, 0.25) is 0 Å². The first-order valence-corrected chi connectivity index (χ1v) is 8.58. The number of aliphatic hydroxyl groups is 1. The molecule has 2 unspecified atom stereocenters. The third-order valence-corrected chi connectivity index (χ3v) is 5.09. The van der Waals surface area contributed by atoms with Gasteiger partial charge in [-0.05, 0) is 48.1 Å². The summed E-state index contributed by atoms with van der Waals surface area (Å²) in [5.41, 5.74) is 2.14. The van der Waals surface area contributed by atoms with E-state index >= 15 is 0 Å². The van der Waals surface area contributed by atoms with E-state index in [0.717, 1.165) is 33.3 Å². The minimum atomic E-state index is -0.483. The summed E-state index contributed by atoms with van der Waals surface area (Å²) in [6.45, 7) is 0.718. The van der Waals surface area contributed by atoms with Crippen LogP contribution in [0.4, 0.5) is 0 Å². The van der Waals surface area contributed by atoms with Crippen LogP contribution in [-0.4, -0.2) is 11.7 Å². The summed E-state index contributed by atoms with van der Waals surface area (Å²) in [5, 5.41) is 10.6. The van der Waals surface area contributed by atoms with Gasteiger partial charge in [0.1, 0.15) is 5.75 Å². The van der Waals surface area contributed by atoms with Gasteiger partial charge < -0.3 is 9.84 Å². The summed E-state index contributed by atoms with van der Waals surface area (Å²) in [6, 6.07) is 14.0. The fourth-order valence-electron chi connectivity index (χ4n) is 2.83. The molecule has 0 amide bonds. The van der Waals surface area contributed by atoms with Crippen molar-refractivity contribution in [2.24, 2.45) is 0 Å². The van der Waals surface area contributed by atoms with Crippen LogP contribution in [0.25, 0.3) is 0 Å². The fourth-order valence-corrected chi connectivity index (χ4v) is 4.14. The largest absolute Gasteiger partial charge is 0.493 e. The Labute approximate surface area is 141 Å². The average Bonchev–Trinajstić information content (AvgIpc) is 2.47. The van der Waals surface area contributed by atoms with Crippen LogP contribution in [0.1, 0.15) is 36.0 Å². The second-order valence-corrected chi connectivity index (χ2v) is 7.06. The Kier molecular flexibility index (Phi) is 4.67. The topological polar surface area (TPSA) is 29.5 Å². The molecule has 21 heavy (non-hydrogen) atoms. The second-order valence-electron chi connectivity index (χ2n) is 5.29. The third kappa shape index (κ3) is 3.33. The molecular weight excluding hydrogens is 396 g/mol. The van der Waals surface area contributed by atoms with Crippen molar-refractivity contribution >= 4 is 31.9 Å². The van der Waals surface area contributed by atoms with Gasteiger partial charge in [0.25, 0.3) is 0 Å². The van der Waals surface area contributed by atoms with Crippen LogP contribution in [0.3, 0.4) is 0 Å². The minimum Gasteiger partial charge on any atom is -0.493 e. The zero-order valence-corrected chi connectivity index (χ0v) is 14.6. The average molecular weight is 412 g/mol. The van der Waals surface area contributed by atoms with Crippen LogP contribution < -0.4 is 4.74 Å². The molecule has 110 valence electrons. The van der Waals surface area contributed by atoms with Crippen molar-refractivity contribution in [3.8, 4) is 5.75 Å². The smallest absolute Gasteiger partial charge is 0.122 e. The van der Waals surface area contributed by atoms with E-state index in [4.69, 9.17) is 4.74 Å². The molecule has 0 bridgehead atoms. The summed E-state index contributed by atoms with van der Waals surface area (Å²) in [4.78, 5) is 0. The quantitative estimate of drug-likeness (QED) is 0.751. The maximum Gasteiger partial charge on any atom is 0.122 e. The van der Waals surface area contributed by atoms with Crippen molar-refractivity contribution in [3.63, 3.8) is 0 Å². The molecule has 1 N–H and O–H groups in total. The van der Waals surface area contributed by atoms with Crippen LogP contribution >= 0.6 is 31.9 Å². The molecule has 0 saturated heterocycles. The van der Waals surface area contributed by atoms with Crippen molar-refractivity contribution in [3.05, 3.63) is 62.5 Å². The molecule has 0 fully saturated rings. The Bertz CT molecular complexity index is 642. The van der Waals surface area contributed by atoms with Gasteiger partial charge in [-0.2, -0.15) is 0 Å². The van der Waals surface area contributed by atoms with Gasteiger partial charge in [-0.3, -0.25) is 0 Å². The highest BCUT2D eigenvalue weighted by Crippen LogP contribution is 2.40. The van der Waals surface area contributed by atoms with Gasteiger partial charge in [0.15, 0.2) is 0 Å². The molecule has 1 aliphatic heterocycles. The normalized spacial score (nSPS) is 18.7. The van der Waals surface area contributed by atoms with E-state index in [0.29, 0.717) is 12.3 Å². The lowest BCUT2D eigenvalue weighted by Gasteiger charge is -2.27. The summed E-state index contributed by atoms with van der Waals surface area (Å²) in [6.07, 6.45) is 1.17. The van der Waals surface area contributed by atoms with E-state index in [1.54, 1.807) is 0 Å². The lowest BCUT2D eigenvalue weighted by Crippen LogP contribution is -2.16. The number of para-hydroxylation sites is 1. The lowest BCUT2D eigenvalue weighted by atomic mass is 9.86. The van der Waals surface area contributed by atoms with Crippen molar-refractivity contribution in [1.82, 2.24) is 0 Å². The molecule has 0 aliphatic carbocycles. The molecular formula is C17H16Br2O2.